The third-order valence-electron chi connectivity index (χ3n) is 4.20. The number of benzene rings is 2. The van der Waals surface area contributed by atoms with E-state index in [1.165, 1.54) is 13.1 Å². The summed E-state index contributed by atoms with van der Waals surface area (Å²) in [6.45, 7) is 1.92. The Morgan fingerprint density at radius 2 is 1.80 bits per heavy atom. The first kappa shape index (κ1) is 16.7. The molecule has 6 nitrogen and oxygen atoms in total. The lowest BCUT2D eigenvalue weighted by atomic mass is 10.1. The van der Waals surface area contributed by atoms with Crippen molar-refractivity contribution in [3.63, 3.8) is 0 Å². The van der Waals surface area contributed by atoms with E-state index in [4.69, 9.17) is 4.74 Å². The summed E-state index contributed by atoms with van der Waals surface area (Å²) < 4.78 is 5.21. The molecule has 1 aliphatic rings. The van der Waals surface area contributed by atoms with Crippen LogP contribution in [-0.4, -0.2) is 36.8 Å². The van der Waals surface area contributed by atoms with Crippen molar-refractivity contribution < 1.29 is 19.1 Å². The summed E-state index contributed by atoms with van der Waals surface area (Å²) in [5.41, 5.74) is 2.98. The van der Waals surface area contributed by atoms with Crippen molar-refractivity contribution in [1.29, 1.82) is 0 Å². The summed E-state index contributed by atoms with van der Waals surface area (Å²) in [5.74, 6) is -0.113. The van der Waals surface area contributed by atoms with Gasteiger partial charge in [0.05, 0.1) is 24.7 Å². The van der Waals surface area contributed by atoms with Crippen LogP contribution in [0.3, 0.4) is 0 Å². The van der Waals surface area contributed by atoms with Gasteiger partial charge in [0.25, 0.3) is 11.8 Å². The van der Waals surface area contributed by atoms with Gasteiger partial charge in [0.15, 0.2) is 0 Å². The number of carbonyl (C=O) groups excluding carboxylic acids is 3. The number of hydrogen-bond donors (Lipinski definition) is 1. The van der Waals surface area contributed by atoms with E-state index in [1.807, 2.05) is 25.1 Å². The van der Waals surface area contributed by atoms with Crippen molar-refractivity contribution in [1.82, 2.24) is 4.90 Å². The number of imide groups is 1. The Labute approximate surface area is 145 Å². The number of nitrogens with one attached hydrogen (secondary N) is 1. The first-order valence-corrected chi connectivity index (χ1v) is 7.80. The minimum absolute atomic E-state index is 0.199. The molecule has 128 valence electrons. The number of nitrogens with zero attached hydrogens (tertiary/aromatic N) is 1. The zero-order chi connectivity index (χ0) is 18.1. The van der Waals surface area contributed by atoms with Gasteiger partial charge in [-0.1, -0.05) is 12.1 Å². The van der Waals surface area contributed by atoms with E-state index in [9.17, 15) is 14.4 Å². The first-order chi connectivity index (χ1) is 11.9. The molecule has 0 bridgehead atoms. The molecule has 1 N–H and O–H groups in total. The number of hydrogen-bond acceptors (Lipinski definition) is 4. The van der Waals surface area contributed by atoms with Crippen LogP contribution in [0, 0.1) is 6.92 Å². The molecule has 2 aromatic carbocycles. The Morgan fingerprint density at radius 3 is 2.48 bits per heavy atom. The van der Waals surface area contributed by atoms with E-state index in [-0.39, 0.29) is 24.1 Å². The standard InChI is InChI=1S/C19H18N2O4/c1-11-8-12(4-7-16(11)25-3)9-17(22)20-13-5-6-14-15(10-13)19(24)21(2)18(14)23/h4-8,10H,9H2,1-3H3,(H,20,22). The van der Waals surface area contributed by atoms with Crippen molar-refractivity contribution in [2.45, 2.75) is 13.3 Å². The van der Waals surface area contributed by atoms with Crippen LogP contribution in [0.1, 0.15) is 31.8 Å². The van der Waals surface area contributed by atoms with E-state index >= 15 is 0 Å². The second kappa shape index (κ2) is 6.39. The lowest BCUT2D eigenvalue weighted by molar-refractivity contribution is -0.115. The largest absolute Gasteiger partial charge is 0.496 e. The van der Waals surface area contributed by atoms with Crippen LogP contribution in [0.15, 0.2) is 36.4 Å². The van der Waals surface area contributed by atoms with Gasteiger partial charge in [-0.15, -0.1) is 0 Å². The summed E-state index contributed by atoms with van der Waals surface area (Å²) in [4.78, 5) is 37.2. The number of fused-ring (bicyclic) bond motifs is 1. The molecule has 0 saturated carbocycles. The zero-order valence-corrected chi connectivity index (χ0v) is 14.3. The summed E-state index contributed by atoms with van der Waals surface area (Å²) >= 11 is 0. The van der Waals surface area contributed by atoms with E-state index in [1.54, 1.807) is 19.2 Å². The van der Waals surface area contributed by atoms with Crippen molar-refractivity contribution in [3.05, 3.63) is 58.7 Å². The molecule has 1 heterocycles. The Hall–Kier alpha value is -3.15. The quantitative estimate of drug-likeness (QED) is 0.869. The van der Waals surface area contributed by atoms with Crippen LogP contribution in [0.25, 0.3) is 0 Å². The lowest BCUT2D eigenvalue weighted by Crippen LogP contribution is -2.24. The molecule has 0 unspecified atom stereocenters. The molecule has 0 saturated heterocycles. The van der Waals surface area contributed by atoms with Crippen molar-refractivity contribution >= 4 is 23.4 Å². The Bertz CT molecular complexity index is 889. The number of aryl methyl sites for hydroxylation is 1. The summed E-state index contributed by atoms with van der Waals surface area (Å²) in [6, 6.07) is 10.3. The Balaban J connectivity index is 1.73. The molecule has 0 spiro atoms. The second-order valence-electron chi connectivity index (χ2n) is 5.96. The first-order valence-electron chi connectivity index (χ1n) is 7.80. The van der Waals surface area contributed by atoms with E-state index in [2.05, 4.69) is 5.32 Å². The van der Waals surface area contributed by atoms with Crippen LogP contribution < -0.4 is 10.1 Å². The fourth-order valence-electron chi connectivity index (χ4n) is 2.88. The second-order valence-corrected chi connectivity index (χ2v) is 5.96. The van der Waals surface area contributed by atoms with Crippen LogP contribution in [0.2, 0.25) is 0 Å². The number of methoxy groups -OCH3 is 1. The normalized spacial score (nSPS) is 13.0. The molecule has 0 radical (unpaired) electrons. The minimum Gasteiger partial charge on any atom is -0.496 e. The molecule has 3 rings (SSSR count). The van der Waals surface area contributed by atoms with Gasteiger partial charge in [0.1, 0.15) is 5.75 Å². The molecular formula is C19H18N2O4. The molecule has 1 aliphatic heterocycles. The molecule has 0 fully saturated rings. The number of rotatable bonds is 4. The van der Waals surface area contributed by atoms with Gasteiger partial charge < -0.3 is 10.1 Å². The van der Waals surface area contributed by atoms with Gasteiger partial charge >= 0.3 is 0 Å². The van der Waals surface area contributed by atoms with E-state index < -0.39 is 0 Å². The predicted octanol–water partition coefficient (Wildman–Crippen LogP) is 2.41. The van der Waals surface area contributed by atoms with Crippen LogP contribution in [0.4, 0.5) is 5.69 Å². The highest BCUT2D eigenvalue weighted by molar-refractivity contribution is 6.21. The molecule has 0 atom stereocenters. The SMILES string of the molecule is COc1ccc(CC(=O)Nc2ccc3c(c2)C(=O)N(C)C3=O)cc1C. The Morgan fingerprint density at radius 1 is 1.08 bits per heavy atom. The van der Waals surface area contributed by atoms with Crippen molar-refractivity contribution in [2.24, 2.45) is 0 Å². The fraction of sp³-hybridized carbons (Fsp3) is 0.211. The smallest absolute Gasteiger partial charge is 0.261 e. The highest BCUT2D eigenvalue weighted by Gasteiger charge is 2.32. The molecule has 2 aromatic rings. The van der Waals surface area contributed by atoms with Gasteiger partial charge in [0.2, 0.25) is 5.91 Å². The molecular weight excluding hydrogens is 320 g/mol. The molecule has 0 aromatic heterocycles. The average molecular weight is 338 g/mol. The zero-order valence-electron chi connectivity index (χ0n) is 14.3. The number of ether oxygens (including phenoxy) is 1. The summed E-state index contributed by atoms with van der Waals surface area (Å²) in [6.07, 6.45) is 0.203. The van der Waals surface area contributed by atoms with Gasteiger partial charge in [0, 0.05) is 12.7 Å². The van der Waals surface area contributed by atoms with E-state index in [0.717, 1.165) is 21.8 Å². The highest BCUT2D eigenvalue weighted by Crippen LogP contribution is 2.25. The average Bonchev–Trinajstić information content (AvgIpc) is 2.79. The molecule has 6 heteroatoms. The van der Waals surface area contributed by atoms with Crippen LogP contribution >= 0.6 is 0 Å². The number of anilines is 1. The van der Waals surface area contributed by atoms with Gasteiger partial charge in [-0.05, 0) is 42.3 Å². The maximum absolute atomic E-state index is 12.3. The van der Waals surface area contributed by atoms with Crippen molar-refractivity contribution in [2.75, 3.05) is 19.5 Å². The number of amides is 3. The molecule has 3 amide bonds. The third kappa shape index (κ3) is 3.10. The van der Waals surface area contributed by atoms with Gasteiger partial charge in [-0.25, -0.2) is 0 Å². The van der Waals surface area contributed by atoms with Crippen LogP contribution in [-0.2, 0) is 11.2 Å². The van der Waals surface area contributed by atoms with E-state index in [0.29, 0.717) is 16.8 Å². The van der Waals surface area contributed by atoms with Crippen LogP contribution in [0.5, 0.6) is 5.75 Å². The Kier molecular flexibility index (Phi) is 4.27. The fourth-order valence-corrected chi connectivity index (χ4v) is 2.88. The summed E-state index contributed by atoms with van der Waals surface area (Å²) in [5, 5.41) is 2.77. The minimum atomic E-state index is -0.359. The van der Waals surface area contributed by atoms with Gasteiger partial charge in [-0.2, -0.15) is 0 Å². The maximum Gasteiger partial charge on any atom is 0.261 e. The van der Waals surface area contributed by atoms with Gasteiger partial charge in [-0.3, -0.25) is 19.3 Å². The molecule has 0 aliphatic carbocycles. The highest BCUT2D eigenvalue weighted by atomic mass is 16.5. The monoisotopic (exact) mass is 338 g/mol. The molecule has 25 heavy (non-hydrogen) atoms. The van der Waals surface area contributed by atoms with Crippen molar-refractivity contribution in [3.8, 4) is 5.75 Å². The summed E-state index contributed by atoms with van der Waals surface area (Å²) in [7, 11) is 3.04. The maximum atomic E-state index is 12.3. The predicted molar refractivity (Wildman–Crippen MR) is 92.9 cm³/mol. The topological polar surface area (TPSA) is 75.7 Å². The number of carbonyl (C=O) groups is 3. The lowest BCUT2D eigenvalue weighted by Gasteiger charge is -2.09. The third-order valence-corrected chi connectivity index (χ3v) is 4.20.